The maximum atomic E-state index is 12.8. The van der Waals surface area contributed by atoms with Crippen molar-refractivity contribution in [2.45, 2.75) is 19.3 Å². The van der Waals surface area contributed by atoms with E-state index in [0.29, 0.717) is 38.4 Å². The van der Waals surface area contributed by atoms with Crippen molar-refractivity contribution in [1.29, 1.82) is 5.26 Å². The summed E-state index contributed by atoms with van der Waals surface area (Å²) in [5, 5.41) is 19.4. The van der Waals surface area contributed by atoms with E-state index in [2.05, 4.69) is 20.9 Å². The predicted octanol–water partition coefficient (Wildman–Crippen LogP) is 1.26. The highest BCUT2D eigenvalue weighted by atomic mass is 16.6. The van der Waals surface area contributed by atoms with Gasteiger partial charge in [-0.3, -0.25) is 14.9 Å². The second-order valence-corrected chi connectivity index (χ2v) is 6.97. The third-order valence-corrected chi connectivity index (χ3v) is 5.34. The minimum Gasteiger partial charge on any atom is -0.353 e. The fraction of sp³-hybridized carbons (Fsp3) is 0.611. The number of piperidine rings is 1. The molecule has 0 N–H and O–H groups in total. The first-order chi connectivity index (χ1) is 13.1. The molecular weight excluding hydrogens is 348 g/mol. The maximum Gasteiger partial charge on any atom is 0.287 e. The SMILES string of the molecule is N#CCCN1CCC(C(=O)N2CCN(c3ccc([N+](=O)[O-])cn3)CC2)CC1. The van der Waals surface area contributed by atoms with E-state index in [1.54, 1.807) is 6.07 Å². The number of hydrogen-bond acceptors (Lipinski definition) is 7. The molecule has 2 fully saturated rings. The number of anilines is 1. The average molecular weight is 372 g/mol. The molecule has 0 atom stereocenters. The van der Waals surface area contributed by atoms with Crippen LogP contribution >= 0.6 is 0 Å². The lowest BCUT2D eigenvalue weighted by Gasteiger charge is -2.38. The van der Waals surface area contributed by atoms with Gasteiger partial charge in [-0.1, -0.05) is 0 Å². The highest BCUT2D eigenvalue weighted by molar-refractivity contribution is 5.79. The highest BCUT2D eigenvalue weighted by Gasteiger charge is 2.30. The summed E-state index contributed by atoms with van der Waals surface area (Å²) in [5.74, 6) is 1.01. The molecule has 1 amide bonds. The molecular formula is C18H24N6O3. The van der Waals surface area contributed by atoms with Crippen LogP contribution in [0.1, 0.15) is 19.3 Å². The number of likely N-dealkylation sites (tertiary alicyclic amines) is 1. The molecule has 2 aliphatic rings. The number of carbonyl (C=O) groups is 1. The number of nitrogens with zero attached hydrogens (tertiary/aromatic N) is 6. The van der Waals surface area contributed by atoms with Gasteiger partial charge in [-0.25, -0.2) is 4.98 Å². The Kier molecular flexibility index (Phi) is 6.19. The van der Waals surface area contributed by atoms with E-state index >= 15 is 0 Å². The van der Waals surface area contributed by atoms with Crippen LogP contribution < -0.4 is 4.90 Å². The van der Waals surface area contributed by atoms with E-state index in [1.165, 1.54) is 12.3 Å². The first-order valence-electron chi connectivity index (χ1n) is 9.32. The average Bonchev–Trinajstić information content (AvgIpc) is 2.72. The second-order valence-electron chi connectivity index (χ2n) is 6.97. The van der Waals surface area contributed by atoms with Crippen LogP contribution in [0.2, 0.25) is 0 Å². The largest absolute Gasteiger partial charge is 0.353 e. The van der Waals surface area contributed by atoms with Crippen molar-refractivity contribution in [1.82, 2.24) is 14.8 Å². The molecule has 0 aromatic carbocycles. The number of nitriles is 1. The molecule has 2 aliphatic heterocycles. The molecule has 9 heteroatoms. The summed E-state index contributed by atoms with van der Waals surface area (Å²) in [6.45, 7) is 5.20. The van der Waals surface area contributed by atoms with Crippen LogP contribution in [0.4, 0.5) is 11.5 Å². The van der Waals surface area contributed by atoms with Gasteiger partial charge in [-0.15, -0.1) is 0 Å². The fourth-order valence-corrected chi connectivity index (χ4v) is 3.70. The lowest BCUT2D eigenvalue weighted by Crippen LogP contribution is -2.51. The topological polar surface area (TPSA) is 107 Å². The fourth-order valence-electron chi connectivity index (χ4n) is 3.70. The summed E-state index contributed by atoms with van der Waals surface area (Å²) in [4.78, 5) is 33.4. The maximum absolute atomic E-state index is 12.8. The first-order valence-corrected chi connectivity index (χ1v) is 9.32. The standard InChI is InChI=1S/C18H24N6O3/c19-6-1-7-21-8-4-15(5-9-21)18(25)23-12-10-22(11-13-23)17-3-2-16(14-20-17)24(26)27/h2-3,14-15H,1,4-5,7-13H2. The van der Waals surface area contributed by atoms with Gasteiger partial charge in [0.15, 0.2) is 0 Å². The van der Waals surface area contributed by atoms with Crippen LogP contribution in [0.15, 0.2) is 18.3 Å². The molecule has 144 valence electrons. The van der Waals surface area contributed by atoms with Gasteiger partial charge in [0.25, 0.3) is 5.69 Å². The van der Waals surface area contributed by atoms with Crippen LogP contribution in [0.25, 0.3) is 0 Å². The van der Waals surface area contributed by atoms with Crippen molar-refractivity contribution in [2.75, 3.05) is 50.7 Å². The van der Waals surface area contributed by atoms with Gasteiger partial charge < -0.3 is 14.7 Å². The van der Waals surface area contributed by atoms with Gasteiger partial charge in [-0.05, 0) is 32.0 Å². The molecule has 1 aromatic rings. The molecule has 0 saturated carbocycles. The van der Waals surface area contributed by atoms with Crippen LogP contribution in [0.5, 0.6) is 0 Å². The Bertz CT molecular complexity index is 701. The number of hydrogen-bond donors (Lipinski definition) is 0. The number of piperazine rings is 1. The van der Waals surface area contributed by atoms with Crippen molar-refractivity contribution in [3.05, 3.63) is 28.4 Å². The Balaban J connectivity index is 1.47. The van der Waals surface area contributed by atoms with Crippen LogP contribution in [0.3, 0.4) is 0 Å². The first kappa shape index (κ1) is 19.0. The zero-order valence-corrected chi connectivity index (χ0v) is 15.3. The highest BCUT2D eigenvalue weighted by Crippen LogP contribution is 2.22. The van der Waals surface area contributed by atoms with Gasteiger partial charge >= 0.3 is 0 Å². The summed E-state index contributed by atoms with van der Waals surface area (Å²) < 4.78 is 0. The van der Waals surface area contributed by atoms with Crippen molar-refractivity contribution >= 4 is 17.4 Å². The van der Waals surface area contributed by atoms with E-state index in [0.717, 1.165) is 32.5 Å². The van der Waals surface area contributed by atoms with Gasteiger partial charge in [0, 0.05) is 51.1 Å². The normalized spacial score (nSPS) is 18.9. The molecule has 0 bridgehead atoms. The Morgan fingerprint density at radius 2 is 1.93 bits per heavy atom. The Morgan fingerprint density at radius 1 is 1.22 bits per heavy atom. The number of pyridine rings is 1. The van der Waals surface area contributed by atoms with Crippen molar-refractivity contribution < 1.29 is 9.72 Å². The number of carbonyl (C=O) groups excluding carboxylic acids is 1. The molecule has 27 heavy (non-hydrogen) atoms. The number of amides is 1. The number of aromatic nitrogens is 1. The molecule has 9 nitrogen and oxygen atoms in total. The zero-order chi connectivity index (χ0) is 19.2. The Morgan fingerprint density at radius 3 is 2.48 bits per heavy atom. The van der Waals surface area contributed by atoms with Crippen LogP contribution in [0, 0.1) is 27.4 Å². The summed E-state index contributed by atoms with van der Waals surface area (Å²) in [6.07, 6.45) is 3.52. The molecule has 0 unspecified atom stereocenters. The molecule has 1 aromatic heterocycles. The van der Waals surface area contributed by atoms with E-state index in [9.17, 15) is 14.9 Å². The molecule has 3 rings (SSSR count). The van der Waals surface area contributed by atoms with Gasteiger partial charge in [-0.2, -0.15) is 5.26 Å². The molecule has 3 heterocycles. The zero-order valence-electron chi connectivity index (χ0n) is 15.3. The quantitative estimate of drug-likeness (QED) is 0.566. The molecule has 0 spiro atoms. The molecule has 0 radical (unpaired) electrons. The number of rotatable bonds is 5. The van der Waals surface area contributed by atoms with Gasteiger partial charge in [0.2, 0.25) is 5.91 Å². The van der Waals surface area contributed by atoms with Gasteiger partial charge in [0.1, 0.15) is 12.0 Å². The summed E-state index contributed by atoms with van der Waals surface area (Å²) in [5.41, 5.74) is -0.0197. The molecule has 0 aliphatic carbocycles. The van der Waals surface area contributed by atoms with E-state index in [1.807, 2.05) is 4.90 Å². The van der Waals surface area contributed by atoms with E-state index in [-0.39, 0.29) is 17.5 Å². The van der Waals surface area contributed by atoms with Crippen LogP contribution in [-0.2, 0) is 4.79 Å². The van der Waals surface area contributed by atoms with Crippen molar-refractivity contribution in [3.63, 3.8) is 0 Å². The summed E-state index contributed by atoms with van der Waals surface area (Å²) in [7, 11) is 0. The predicted molar refractivity (Wildman–Crippen MR) is 99.1 cm³/mol. The minimum atomic E-state index is -0.459. The molecule has 2 saturated heterocycles. The third-order valence-electron chi connectivity index (χ3n) is 5.34. The smallest absolute Gasteiger partial charge is 0.287 e. The van der Waals surface area contributed by atoms with Crippen molar-refractivity contribution in [2.24, 2.45) is 5.92 Å². The van der Waals surface area contributed by atoms with E-state index < -0.39 is 4.92 Å². The number of nitro groups is 1. The lowest BCUT2D eigenvalue weighted by atomic mass is 9.95. The Labute approximate surface area is 158 Å². The summed E-state index contributed by atoms with van der Waals surface area (Å²) >= 11 is 0. The van der Waals surface area contributed by atoms with Gasteiger partial charge in [0.05, 0.1) is 11.0 Å². The second kappa shape index (κ2) is 8.77. The monoisotopic (exact) mass is 372 g/mol. The van der Waals surface area contributed by atoms with E-state index in [4.69, 9.17) is 5.26 Å². The summed E-state index contributed by atoms with van der Waals surface area (Å²) in [6, 6.07) is 5.28. The minimum absolute atomic E-state index is 0.0197. The third kappa shape index (κ3) is 4.71. The Hall–Kier alpha value is -2.73. The van der Waals surface area contributed by atoms with Crippen LogP contribution in [-0.4, -0.2) is 71.4 Å². The van der Waals surface area contributed by atoms with Crippen molar-refractivity contribution in [3.8, 4) is 6.07 Å². The lowest BCUT2D eigenvalue weighted by molar-refractivity contribution is -0.385.